The summed E-state index contributed by atoms with van der Waals surface area (Å²) in [6, 6.07) is 15.0. The van der Waals surface area contributed by atoms with E-state index in [0.29, 0.717) is 18.1 Å². The summed E-state index contributed by atoms with van der Waals surface area (Å²) in [5, 5.41) is 0.736. The number of thioether (sulfide) groups is 1. The van der Waals surface area contributed by atoms with Crippen molar-refractivity contribution in [1.29, 1.82) is 0 Å². The van der Waals surface area contributed by atoms with Crippen LogP contribution in [0.5, 0.6) is 17.2 Å². The van der Waals surface area contributed by atoms with E-state index in [0.717, 1.165) is 16.7 Å². The average Bonchev–Trinajstić information content (AvgIpc) is 2.61. The van der Waals surface area contributed by atoms with Crippen LogP contribution in [0.25, 0.3) is 0 Å². The van der Waals surface area contributed by atoms with Gasteiger partial charge in [0.15, 0.2) is 5.16 Å². The van der Waals surface area contributed by atoms with E-state index in [1.165, 1.54) is 23.9 Å². The maximum atomic E-state index is 13.1. The van der Waals surface area contributed by atoms with Gasteiger partial charge in [0.05, 0.1) is 6.61 Å². The van der Waals surface area contributed by atoms with Crippen molar-refractivity contribution < 1.29 is 13.9 Å². The van der Waals surface area contributed by atoms with Crippen LogP contribution in [0.2, 0.25) is 0 Å². The molecule has 122 valence electrons. The SMILES string of the molecule is Fc1cccc(Oc2ccc(OCCSc3ncccn3)cc2)c1. The first kappa shape index (κ1) is 16.3. The fraction of sp³-hybridized carbons (Fsp3) is 0.111. The van der Waals surface area contributed by atoms with E-state index in [2.05, 4.69) is 9.97 Å². The Morgan fingerprint density at radius 1 is 0.875 bits per heavy atom. The molecule has 0 aliphatic heterocycles. The Kier molecular flexibility index (Phi) is 5.63. The molecule has 0 aliphatic rings. The van der Waals surface area contributed by atoms with Crippen molar-refractivity contribution in [2.24, 2.45) is 0 Å². The normalized spacial score (nSPS) is 10.4. The maximum Gasteiger partial charge on any atom is 0.187 e. The summed E-state index contributed by atoms with van der Waals surface area (Å²) >= 11 is 1.54. The Balaban J connectivity index is 1.46. The van der Waals surface area contributed by atoms with Crippen LogP contribution in [0.3, 0.4) is 0 Å². The van der Waals surface area contributed by atoms with Crippen molar-refractivity contribution in [3.05, 3.63) is 72.8 Å². The Bertz CT molecular complexity index is 769. The topological polar surface area (TPSA) is 44.2 Å². The van der Waals surface area contributed by atoms with Crippen LogP contribution < -0.4 is 9.47 Å². The first-order valence-corrected chi connectivity index (χ1v) is 8.34. The van der Waals surface area contributed by atoms with Gasteiger partial charge in [0.2, 0.25) is 0 Å². The summed E-state index contributed by atoms with van der Waals surface area (Å²) in [4.78, 5) is 8.27. The second-order valence-corrected chi connectivity index (χ2v) is 5.82. The summed E-state index contributed by atoms with van der Waals surface area (Å²) in [5.74, 6) is 2.26. The molecule has 0 atom stereocenters. The molecule has 0 saturated carbocycles. The number of hydrogen-bond donors (Lipinski definition) is 0. The highest BCUT2D eigenvalue weighted by atomic mass is 32.2. The molecule has 0 radical (unpaired) electrons. The first-order chi connectivity index (χ1) is 11.8. The molecule has 0 unspecified atom stereocenters. The molecule has 1 heterocycles. The third kappa shape index (κ3) is 4.96. The third-order valence-corrected chi connectivity index (χ3v) is 3.82. The molecule has 0 bridgehead atoms. The number of aromatic nitrogens is 2. The van der Waals surface area contributed by atoms with Crippen molar-refractivity contribution in [2.75, 3.05) is 12.4 Å². The smallest absolute Gasteiger partial charge is 0.187 e. The lowest BCUT2D eigenvalue weighted by Gasteiger charge is -2.08. The van der Waals surface area contributed by atoms with Gasteiger partial charge in [-0.3, -0.25) is 0 Å². The highest BCUT2D eigenvalue weighted by Crippen LogP contribution is 2.24. The van der Waals surface area contributed by atoms with E-state index < -0.39 is 0 Å². The van der Waals surface area contributed by atoms with Gasteiger partial charge in [-0.2, -0.15) is 0 Å². The van der Waals surface area contributed by atoms with Gasteiger partial charge in [0.25, 0.3) is 0 Å². The van der Waals surface area contributed by atoms with E-state index in [1.807, 2.05) is 12.1 Å². The van der Waals surface area contributed by atoms with Crippen molar-refractivity contribution in [1.82, 2.24) is 9.97 Å². The lowest BCUT2D eigenvalue weighted by atomic mass is 10.3. The molecular formula is C18H15FN2O2S. The molecule has 3 rings (SSSR count). The summed E-state index contributed by atoms with van der Waals surface area (Å²) in [5.41, 5.74) is 0. The predicted octanol–water partition coefficient (Wildman–Crippen LogP) is 4.58. The number of halogens is 1. The number of ether oxygens (including phenoxy) is 2. The summed E-state index contributed by atoms with van der Waals surface area (Å²) in [7, 11) is 0. The molecule has 4 nitrogen and oxygen atoms in total. The molecule has 0 spiro atoms. The Morgan fingerprint density at radius 2 is 1.62 bits per heavy atom. The van der Waals surface area contributed by atoms with Crippen LogP contribution in [0, 0.1) is 5.82 Å². The Hall–Kier alpha value is -2.60. The monoisotopic (exact) mass is 342 g/mol. The Morgan fingerprint density at radius 3 is 2.38 bits per heavy atom. The fourth-order valence-corrected chi connectivity index (χ4v) is 2.54. The molecule has 24 heavy (non-hydrogen) atoms. The van der Waals surface area contributed by atoms with E-state index in [-0.39, 0.29) is 5.82 Å². The largest absolute Gasteiger partial charge is 0.493 e. The lowest BCUT2D eigenvalue weighted by molar-refractivity contribution is 0.343. The molecule has 0 saturated heterocycles. The quantitative estimate of drug-likeness (QED) is 0.357. The summed E-state index contributed by atoms with van der Waals surface area (Å²) in [6.07, 6.45) is 3.43. The van der Waals surface area contributed by atoms with Gasteiger partial charge in [-0.15, -0.1) is 0 Å². The third-order valence-electron chi connectivity index (χ3n) is 2.98. The second kappa shape index (κ2) is 8.31. The molecular weight excluding hydrogens is 327 g/mol. The number of nitrogens with zero attached hydrogens (tertiary/aromatic N) is 2. The molecule has 2 aromatic carbocycles. The van der Waals surface area contributed by atoms with Gasteiger partial charge in [0, 0.05) is 24.2 Å². The molecule has 6 heteroatoms. The minimum absolute atomic E-state index is 0.327. The van der Waals surface area contributed by atoms with Gasteiger partial charge in [-0.05, 0) is 42.5 Å². The van der Waals surface area contributed by atoms with Crippen LogP contribution in [-0.4, -0.2) is 22.3 Å². The van der Waals surface area contributed by atoms with Gasteiger partial charge >= 0.3 is 0 Å². The van der Waals surface area contributed by atoms with Crippen LogP contribution in [0.1, 0.15) is 0 Å². The minimum atomic E-state index is -0.327. The lowest BCUT2D eigenvalue weighted by Crippen LogP contribution is -2.00. The summed E-state index contributed by atoms with van der Waals surface area (Å²) < 4.78 is 24.4. The molecule has 0 N–H and O–H groups in total. The maximum absolute atomic E-state index is 13.1. The molecule has 0 fully saturated rings. The predicted molar refractivity (Wildman–Crippen MR) is 91.2 cm³/mol. The summed E-state index contributed by atoms with van der Waals surface area (Å²) in [6.45, 7) is 0.549. The average molecular weight is 342 g/mol. The first-order valence-electron chi connectivity index (χ1n) is 7.36. The zero-order valence-electron chi connectivity index (χ0n) is 12.8. The number of rotatable bonds is 7. The van der Waals surface area contributed by atoms with Gasteiger partial charge in [-0.1, -0.05) is 17.8 Å². The molecule has 0 aliphatic carbocycles. The standard InChI is InChI=1S/C18H15FN2O2S/c19-14-3-1-4-17(13-14)23-16-7-5-15(6-8-16)22-11-12-24-18-20-9-2-10-21-18/h1-10,13H,11-12H2. The van der Waals surface area contributed by atoms with E-state index >= 15 is 0 Å². The van der Waals surface area contributed by atoms with Gasteiger partial charge in [-0.25, -0.2) is 14.4 Å². The van der Waals surface area contributed by atoms with Crippen molar-refractivity contribution >= 4 is 11.8 Å². The highest BCUT2D eigenvalue weighted by Gasteiger charge is 2.01. The Labute approximate surface area is 143 Å². The van der Waals surface area contributed by atoms with Crippen molar-refractivity contribution in [3.8, 4) is 17.2 Å². The van der Waals surface area contributed by atoms with Gasteiger partial charge < -0.3 is 9.47 Å². The van der Waals surface area contributed by atoms with Crippen LogP contribution in [-0.2, 0) is 0 Å². The molecule has 1 aromatic heterocycles. The second-order valence-electron chi connectivity index (χ2n) is 4.76. The van der Waals surface area contributed by atoms with E-state index in [9.17, 15) is 4.39 Å². The van der Waals surface area contributed by atoms with Crippen molar-refractivity contribution in [3.63, 3.8) is 0 Å². The fourth-order valence-electron chi connectivity index (χ4n) is 1.92. The van der Waals surface area contributed by atoms with E-state index in [4.69, 9.17) is 9.47 Å². The molecule has 0 amide bonds. The molecule has 3 aromatic rings. The zero-order chi connectivity index (χ0) is 16.6. The van der Waals surface area contributed by atoms with Crippen LogP contribution in [0.15, 0.2) is 72.1 Å². The van der Waals surface area contributed by atoms with Crippen LogP contribution >= 0.6 is 11.8 Å². The zero-order valence-corrected chi connectivity index (χ0v) is 13.6. The van der Waals surface area contributed by atoms with E-state index in [1.54, 1.807) is 42.7 Å². The number of hydrogen-bond acceptors (Lipinski definition) is 5. The van der Waals surface area contributed by atoms with Crippen LogP contribution in [0.4, 0.5) is 4.39 Å². The van der Waals surface area contributed by atoms with Crippen molar-refractivity contribution in [2.45, 2.75) is 5.16 Å². The van der Waals surface area contributed by atoms with Gasteiger partial charge in [0.1, 0.15) is 23.1 Å². The highest BCUT2D eigenvalue weighted by molar-refractivity contribution is 7.99. The number of benzene rings is 2. The minimum Gasteiger partial charge on any atom is -0.493 e.